The van der Waals surface area contributed by atoms with Crippen LogP contribution in [0.3, 0.4) is 0 Å². The highest BCUT2D eigenvalue weighted by molar-refractivity contribution is 6.31. The Morgan fingerprint density at radius 1 is 0.944 bits per heavy atom. The first-order chi connectivity index (χ1) is 8.75. The van der Waals surface area contributed by atoms with Crippen molar-refractivity contribution in [2.45, 2.75) is 32.1 Å². The fourth-order valence-corrected chi connectivity index (χ4v) is 2.91. The van der Waals surface area contributed by atoms with Gasteiger partial charge in [0.25, 0.3) is 0 Å². The molecule has 0 radical (unpaired) electrons. The van der Waals surface area contributed by atoms with Gasteiger partial charge in [-0.2, -0.15) is 5.10 Å². The fraction of sp³-hybridized carbons (Fsp3) is 0.357. The molecule has 1 aromatic carbocycles. The number of hydrogen-bond acceptors (Lipinski definition) is 1. The lowest BCUT2D eigenvalue weighted by Crippen LogP contribution is -1.97. The molecule has 1 aromatic heterocycles. The second-order valence-electron chi connectivity index (χ2n) is 4.66. The van der Waals surface area contributed by atoms with Gasteiger partial charge in [0, 0.05) is 10.6 Å². The van der Waals surface area contributed by atoms with Crippen LogP contribution in [0.2, 0.25) is 10.2 Å². The summed E-state index contributed by atoms with van der Waals surface area (Å²) < 4.78 is 1.83. The maximum Gasteiger partial charge on any atom is 0.136 e. The van der Waals surface area contributed by atoms with Gasteiger partial charge in [0.15, 0.2) is 0 Å². The molecule has 0 saturated heterocycles. The predicted molar refractivity (Wildman–Crippen MR) is 74.8 cm³/mol. The quantitative estimate of drug-likeness (QED) is 0.706. The van der Waals surface area contributed by atoms with Crippen molar-refractivity contribution in [1.29, 1.82) is 0 Å². The monoisotopic (exact) mass is 280 g/mol. The molecule has 0 saturated carbocycles. The molecule has 0 N–H and O–H groups in total. The number of hydrogen-bond donors (Lipinski definition) is 0. The van der Waals surface area contributed by atoms with Crippen molar-refractivity contribution in [2.75, 3.05) is 0 Å². The summed E-state index contributed by atoms with van der Waals surface area (Å²) in [5.41, 5.74) is 3.36. The number of halogens is 2. The first-order valence-electron chi connectivity index (χ1n) is 6.28. The van der Waals surface area contributed by atoms with Gasteiger partial charge in [0.1, 0.15) is 5.15 Å². The van der Waals surface area contributed by atoms with Crippen LogP contribution >= 0.6 is 23.2 Å². The van der Waals surface area contributed by atoms with Crippen LogP contribution in [0.4, 0.5) is 0 Å². The predicted octanol–water partition coefficient (Wildman–Crippen LogP) is 4.45. The Labute approximate surface area is 117 Å². The third-order valence-electron chi connectivity index (χ3n) is 3.42. The number of aryl methyl sites for hydroxylation is 1. The molecule has 0 fully saturated rings. The van der Waals surface area contributed by atoms with Crippen molar-refractivity contribution in [3.8, 4) is 5.69 Å². The first-order valence-corrected chi connectivity index (χ1v) is 7.03. The van der Waals surface area contributed by atoms with E-state index in [0.717, 1.165) is 34.4 Å². The molecule has 18 heavy (non-hydrogen) atoms. The zero-order chi connectivity index (χ0) is 12.5. The third kappa shape index (κ3) is 2.15. The number of benzene rings is 1. The summed E-state index contributed by atoms with van der Waals surface area (Å²) in [6, 6.07) is 7.61. The van der Waals surface area contributed by atoms with E-state index in [0.29, 0.717) is 0 Å². The van der Waals surface area contributed by atoms with Crippen molar-refractivity contribution in [2.24, 2.45) is 0 Å². The summed E-state index contributed by atoms with van der Waals surface area (Å²) in [4.78, 5) is 0. The topological polar surface area (TPSA) is 17.8 Å². The lowest BCUT2D eigenvalue weighted by Gasteiger charge is -2.04. The summed E-state index contributed by atoms with van der Waals surface area (Å²) in [5, 5.41) is 6.14. The molecule has 3 rings (SSSR count). The van der Waals surface area contributed by atoms with E-state index >= 15 is 0 Å². The minimum atomic E-state index is 0.726. The third-order valence-corrected chi connectivity index (χ3v) is 4.06. The second kappa shape index (κ2) is 4.94. The molecule has 4 heteroatoms. The summed E-state index contributed by atoms with van der Waals surface area (Å²) >= 11 is 12.4. The highest BCUT2D eigenvalue weighted by atomic mass is 35.5. The van der Waals surface area contributed by atoms with Gasteiger partial charge in [-0.25, -0.2) is 4.68 Å². The van der Waals surface area contributed by atoms with Crippen molar-refractivity contribution in [3.63, 3.8) is 0 Å². The largest absolute Gasteiger partial charge is 0.222 e. The van der Waals surface area contributed by atoms with Crippen LogP contribution in [-0.2, 0) is 12.8 Å². The van der Waals surface area contributed by atoms with Gasteiger partial charge in [0.2, 0.25) is 0 Å². The molecule has 2 nitrogen and oxygen atoms in total. The van der Waals surface area contributed by atoms with E-state index < -0.39 is 0 Å². The van der Waals surface area contributed by atoms with Crippen LogP contribution < -0.4 is 0 Å². The molecule has 0 amide bonds. The van der Waals surface area contributed by atoms with Crippen LogP contribution in [0.25, 0.3) is 5.69 Å². The van der Waals surface area contributed by atoms with E-state index in [1.165, 1.54) is 24.8 Å². The van der Waals surface area contributed by atoms with Gasteiger partial charge in [-0.15, -0.1) is 0 Å². The Kier molecular flexibility index (Phi) is 3.31. The molecular formula is C14H14Cl2N2. The number of nitrogens with zero attached hydrogens (tertiary/aromatic N) is 2. The molecule has 1 heterocycles. The Morgan fingerprint density at radius 2 is 1.67 bits per heavy atom. The molecule has 0 atom stereocenters. The number of fused-ring (bicyclic) bond motifs is 1. The number of rotatable bonds is 1. The van der Waals surface area contributed by atoms with E-state index in [9.17, 15) is 0 Å². The van der Waals surface area contributed by atoms with E-state index in [4.69, 9.17) is 23.2 Å². The maximum absolute atomic E-state index is 6.46. The fourth-order valence-electron chi connectivity index (χ4n) is 2.44. The highest BCUT2D eigenvalue weighted by Crippen LogP contribution is 2.29. The molecule has 1 aliphatic rings. The maximum atomic E-state index is 6.46. The lowest BCUT2D eigenvalue weighted by molar-refractivity contribution is 0.694. The molecule has 0 aliphatic heterocycles. The second-order valence-corrected chi connectivity index (χ2v) is 5.46. The van der Waals surface area contributed by atoms with Crippen LogP contribution in [-0.4, -0.2) is 9.78 Å². The molecule has 0 unspecified atom stereocenters. The summed E-state index contributed by atoms with van der Waals surface area (Å²) in [5.74, 6) is 0. The van der Waals surface area contributed by atoms with E-state index in [2.05, 4.69) is 5.10 Å². The average molecular weight is 281 g/mol. The van der Waals surface area contributed by atoms with Gasteiger partial charge < -0.3 is 0 Å². The minimum absolute atomic E-state index is 0.726. The van der Waals surface area contributed by atoms with Crippen molar-refractivity contribution in [3.05, 3.63) is 45.7 Å². The zero-order valence-electron chi connectivity index (χ0n) is 10.00. The standard InChI is InChI=1S/C14H14Cl2N2/c15-10-6-8-11(9-7-10)18-14(16)12-4-2-1-3-5-13(12)17-18/h6-9H,1-5H2. The van der Waals surface area contributed by atoms with Crippen molar-refractivity contribution >= 4 is 23.2 Å². The summed E-state index contributed by atoms with van der Waals surface area (Å²) in [7, 11) is 0. The highest BCUT2D eigenvalue weighted by Gasteiger charge is 2.18. The first kappa shape index (κ1) is 12.1. The molecule has 0 spiro atoms. The SMILES string of the molecule is Clc1ccc(-n2nc3c(c2Cl)CCCCC3)cc1. The Hall–Kier alpha value is -0.990. The van der Waals surface area contributed by atoms with Crippen molar-refractivity contribution in [1.82, 2.24) is 9.78 Å². The van der Waals surface area contributed by atoms with E-state index in [1.807, 2.05) is 28.9 Å². The summed E-state index contributed by atoms with van der Waals surface area (Å²) in [6.45, 7) is 0. The molecule has 94 valence electrons. The molecular weight excluding hydrogens is 267 g/mol. The van der Waals surface area contributed by atoms with Gasteiger partial charge >= 0.3 is 0 Å². The Balaban J connectivity index is 2.05. The number of aromatic nitrogens is 2. The van der Waals surface area contributed by atoms with E-state index in [1.54, 1.807) is 0 Å². The Bertz CT molecular complexity index is 558. The van der Waals surface area contributed by atoms with Gasteiger partial charge in [-0.3, -0.25) is 0 Å². The molecule has 1 aliphatic carbocycles. The Morgan fingerprint density at radius 3 is 2.44 bits per heavy atom. The van der Waals surface area contributed by atoms with Crippen molar-refractivity contribution < 1.29 is 0 Å². The normalized spacial score (nSPS) is 15.2. The molecule has 2 aromatic rings. The zero-order valence-corrected chi connectivity index (χ0v) is 11.5. The van der Waals surface area contributed by atoms with E-state index in [-0.39, 0.29) is 0 Å². The van der Waals surface area contributed by atoms with Crippen LogP contribution in [0.1, 0.15) is 30.5 Å². The lowest BCUT2D eigenvalue weighted by atomic mass is 10.1. The smallest absolute Gasteiger partial charge is 0.136 e. The average Bonchev–Trinajstić information content (AvgIpc) is 2.57. The van der Waals surface area contributed by atoms with Gasteiger partial charge in [0.05, 0.1) is 11.4 Å². The summed E-state index contributed by atoms with van der Waals surface area (Å²) in [6.07, 6.45) is 5.77. The van der Waals surface area contributed by atoms with Gasteiger partial charge in [-0.1, -0.05) is 29.6 Å². The minimum Gasteiger partial charge on any atom is -0.222 e. The van der Waals surface area contributed by atoms with Crippen LogP contribution in [0.15, 0.2) is 24.3 Å². The van der Waals surface area contributed by atoms with Gasteiger partial charge in [-0.05, 0) is 49.9 Å². The molecule has 0 bridgehead atoms. The van der Waals surface area contributed by atoms with Crippen LogP contribution in [0, 0.1) is 0 Å². The van der Waals surface area contributed by atoms with Crippen LogP contribution in [0.5, 0.6) is 0 Å².